The van der Waals surface area contributed by atoms with Gasteiger partial charge >= 0.3 is 0 Å². The van der Waals surface area contributed by atoms with E-state index in [4.69, 9.17) is 4.74 Å². The Bertz CT molecular complexity index is 538. The highest BCUT2D eigenvalue weighted by molar-refractivity contribution is 5.35. The molecule has 0 amide bonds. The van der Waals surface area contributed by atoms with Gasteiger partial charge in [0.15, 0.2) is 0 Å². The minimum atomic E-state index is 0.273. The zero-order chi connectivity index (χ0) is 15.1. The monoisotopic (exact) mass is 283 g/mol. The van der Waals surface area contributed by atoms with Crippen LogP contribution in [0.3, 0.4) is 0 Å². The van der Waals surface area contributed by atoms with Crippen molar-refractivity contribution in [3.05, 3.63) is 65.7 Å². The predicted octanol–water partition coefficient (Wildman–Crippen LogP) is 4.37. The van der Waals surface area contributed by atoms with Gasteiger partial charge in [0, 0.05) is 17.6 Å². The topological polar surface area (TPSA) is 21.3 Å². The molecule has 1 unspecified atom stereocenters. The summed E-state index contributed by atoms with van der Waals surface area (Å²) in [6, 6.07) is 19.6. The van der Waals surface area contributed by atoms with Crippen LogP contribution in [0.4, 0.5) is 0 Å². The molecule has 2 atom stereocenters. The van der Waals surface area contributed by atoms with Crippen LogP contribution in [0.5, 0.6) is 5.75 Å². The number of para-hydroxylation sites is 1. The van der Waals surface area contributed by atoms with Crippen molar-refractivity contribution in [2.24, 2.45) is 0 Å². The summed E-state index contributed by atoms with van der Waals surface area (Å²) in [5.41, 5.74) is 2.59. The van der Waals surface area contributed by atoms with Gasteiger partial charge in [-0.25, -0.2) is 0 Å². The Morgan fingerprint density at radius 1 is 1.00 bits per heavy atom. The Labute approximate surface area is 128 Å². The van der Waals surface area contributed by atoms with Gasteiger partial charge < -0.3 is 10.1 Å². The van der Waals surface area contributed by atoms with Crippen LogP contribution in [-0.4, -0.2) is 13.2 Å². The van der Waals surface area contributed by atoms with Crippen molar-refractivity contribution in [2.75, 3.05) is 7.11 Å². The molecule has 0 spiro atoms. The first-order chi connectivity index (χ1) is 10.2. The van der Waals surface area contributed by atoms with E-state index in [0.717, 1.165) is 18.6 Å². The average Bonchev–Trinajstić information content (AvgIpc) is 2.55. The minimum absolute atomic E-state index is 0.273. The molecule has 1 N–H and O–H groups in total. The maximum absolute atomic E-state index is 5.46. The molecule has 0 saturated carbocycles. The molecule has 2 aromatic rings. The molecule has 0 heterocycles. The van der Waals surface area contributed by atoms with Gasteiger partial charge in [-0.1, -0.05) is 55.5 Å². The molecule has 0 aliphatic carbocycles. The van der Waals surface area contributed by atoms with Crippen molar-refractivity contribution in [1.82, 2.24) is 5.32 Å². The lowest BCUT2D eigenvalue weighted by molar-refractivity contribution is 0.389. The zero-order valence-corrected chi connectivity index (χ0v) is 13.2. The van der Waals surface area contributed by atoms with E-state index in [1.54, 1.807) is 7.11 Å². The Morgan fingerprint density at radius 2 is 1.67 bits per heavy atom. The zero-order valence-electron chi connectivity index (χ0n) is 13.2. The van der Waals surface area contributed by atoms with Gasteiger partial charge in [-0.3, -0.25) is 0 Å². The minimum Gasteiger partial charge on any atom is -0.496 e. The van der Waals surface area contributed by atoms with Crippen molar-refractivity contribution in [1.29, 1.82) is 0 Å². The highest BCUT2D eigenvalue weighted by Crippen LogP contribution is 2.25. The largest absolute Gasteiger partial charge is 0.496 e. The third-order valence-corrected chi connectivity index (χ3v) is 3.91. The molecule has 0 aliphatic rings. The fourth-order valence-electron chi connectivity index (χ4n) is 2.69. The first-order valence-corrected chi connectivity index (χ1v) is 7.67. The Kier molecular flexibility index (Phi) is 5.82. The first-order valence-electron chi connectivity index (χ1n) is 7.67. The van der Waals surface area contributed by atoms with Gasteiger partial charge in [0.2, 0.25) is 0 Å². The fourth-order valence-corrected chi connectivity index (χ4v) is 2.69. The quantitative estimate of drug-likeness (QED) is 0.815. The van der Waals surface area contributed by atoms with Crippen molar-refractivity contribution >= 4 is 0 Å². The van der Waals surface area contributed by atoms with E-state index in [2.05, 4.69) is 61.6 Å². The van der Waals surface area contributed by atoms with Crippen LogP contribution >= 0.6 is 0 Å². The van der Waals surface area contributed by atoms with Gasteiger partial charge in [-0.05, 0) is 31.4 Å². The molecule has 0 saturated heterocycles. The van der Waals surface area contributed by atoms with E-state index in [1.165, 1.54) is 11.1 Å². The Balaban J connectivity index is 2.04. The smallest absolute Gasteiger partial charge is 0.123 e. The van der Waals surface area contributed by atoms with Crippen molar-refractivity contribution < 1.29 is 4.74 Å². The van der Waals surface area contributed by atoms with Crippen LogP contribution in [-0.2, 0) is 6.42 Å². The van der Waals surface area contributed by atoms with Gasteiger partial charge in [-0.15, -0.1) is 0 Å². The molecular formula is C19H25NO. The molecule has 0 bridgehead atoms. The Morgan fingerprint density at radius 3 is 2.33 bits per heavy atom. The highest BCUT2D eigenvalue weighted by Gasteiger charge is 2.15. The number of hydrogen-bond acceptors (Lipinski definition) is 2. The summed E-state index contributed by atoms with van der Waals surface area (Å²) in [6.07, 6.45) is 2.16. The molecule has 2 nitrogen and oxygen atoms in total. The van der Waals surface area contributed by atoms with Crippen molar-refractivity contribution in [2.45, 2.75) is 38.8 Å². The molecule has 112 valence electrons. The molecule has 0 aromatic heterocycles. The fraction of sp³-hybridized carbons (Fsp3) is 0.368. The standard InChI is InChI=1S/C19H25NO/c1-4-17(14-16-10-6-5-7-11-16)20-15(2)18-12-8-9-13-19(18)21-3/h5-13,15,17,20H,4,14H2,1-3H3/t15-,17?/m1/s1. The van der Waals surface area contributed by atoms with Crippen LogP contribution in [0.25, 0.3) is 0 Å². The van der Waals surface area contributed by atoms with E-state index < -0.39 is 0 Å². The second-order valence-corrected chi connectivity index (χ2v) is 5.43. The van der Waals surface area contributed by atoms with Crippen LogP contribution in [0.2, 0.25) is 0 Å². The second-order valence-electron chi connectivity index (χ2n) is 5.43. The number of nitrogens with one attached hydrogen (secondary N) is 1. The molecule has 2 rings (SSSR count). The summed E-state index contributed by atoms with van der Waals surface area (Å²) in [7, 11) is 1.73. The number of rotatable bonds is 7. The molecule has 2 aromatic carbocycles. The molecule has 0 fully saturated rings. The summed E-state index contributed by atoms with van der Waals surface area (Å²) >= 11 is 0. The summed E-state index contributed by atoms with van der Waals surface area (Å²) in [5.74, 6) is 0.951. The molecular weight excluding hydrogens is 258 g/mol. The molecule has 0 aliphatic heterocycles. The van der Waals surface area contributed by atoms with E-state index in [1.807, 2.05) is 12.1 Å². The van der Waals surface area contributed by atoms with Crippen LogP contribution in [0.1, 0.15) is 37.4 Å². The SMILES string of the molecule is CCC(Cc1ccccc1)N[C@H](C)c1ccccc1OC. The highest BCUT2D eigenvalue weighted by atomic mass is 16.5. The van der Waals surface area contributed by atoms with Gasteiger partial charge in [0.1, 0.15) is 5.75 Å². The lowest BCUT2D eigenvalue weighted by Crippen LogP contribution is -2.33. The molecule has 21 heavy (non-hydrogen) atoms. The predicted molar refractivity (Wildman–Crippen MR) is 88.8 cm³/mol. The summed E-state index contributed by atoms with van der Waals surface area (Å²) in [6.45, 7) is 4.43. The number of hydrogen-bond donors (Lipinski definition) is 1. The van der Waals surface area contributed by atoms with Gasteiger partial charge in [0.25, 0.3) is 0 Å². The van der Waals surface area contributed by atoms with Gasteiger partial charge in [0.05, 0.1) is 7.11 Å². The molecule has 0 radical (unpaired) electrons. The first kappa shape index (κ1) is 15.6. The second kappa shape index (κ2) is 7.84. The van der Waals surface area contributed by atoms with Crippen LogP contribution in [0.15, 0.2) is 54.6 Å². The van der Waals surface area contributed by atoms with E-state index in [-0.39, 0.29) is 6.04 Å². The van der Waals surface area contributed by atoms with E-state index in [9.17, 15) is 0 Å². The number of benzene rings is 2. The normalized spacial score (nSPS) is 13.7. The summed E-state index contributed by atoms with van der Waals surface area (Å²) in [4.78, 5) is 0. The van der Waals surface area contributed by atoms with E-state index in [0.29, 0.717) is 6.04 Å². The molecule has 2 heteroatoms. The van der Waals surface area contributed by atoms with E-state index >= 15 is 0 Å². The summed E-state index contributed by atoms with van der Waals surface area (Å²) in [5, 5.41) is 3.73. The van der Waals surface area contributed by atoms with Crippen molar-refractivity contribution in [3.8, 4) is 5.75 Å². The van der Waals surface area contributed by atoms with Crippen LogP contribution < -0.4 is 10.1 Å². The van der Waals surface area contributed by atoms with Crippen LogP contribution in [0, 0.1) is 0 Å². The average molecular weight is 283 g/mol. The van der Waals surface area contributed by atoms with Gasteiger partial charge in [-0.2, -0.15) is 0 Å². The maximum Gasteiger partial charge on any atom is 0.123 e. The third kappa shape index (κ3) is 4.33. The lowest BCUT2D eigenvalue weighted by Gasteiger charge is -2.24. The number of methoxy groups -OCH3 is 1. The summed E-state index contributed by atoms with van der Waals surface area (Å²) < 4.78 is 5.46. The third-order valence-electron chi connectivity index (χ3n) is 3.91. The number of ether oxygens (including phenoxy) is 1. The Hall–Kier alpha value is -1.80. The van der Waals surface area contributed by atoms with Crippen molar-refractivity contribution in [3.63, 3.8) is 0 Å². The maximum atomic E-state index is 5.46. The lowest BCUT2D eigenvalue weighted by atomic mass is 10.0.